The van der Waals surface area contributed by atoms with Gasteiger partial charge < -0.3 is 10.6 Å². The van der Waals surface area contributed by atoms with E-state index < -0.39 is 0 Å². The second-order valence-electron chi connectivity index (χ2n) is 8.23. The van der Waals surface area contributed by atoms with E-state index in [1.807, 2.05) is 22.7 Å². The Balaban J connectivity index is 1.80. The van der Waals surface area contributed by atoms with Gasteiger partial charge in [0.25, 0.3) is 0 Å². The van der Waals surface area contributed by atoms with Gasteiger partial charge in [0.05, 0.1) is 6.20 Å². The third kappa shape index (κ3) is 3.72. The molecule has 1 amide bonds. The molecule has 148 valence electrons. The minimum Gasteiger partial charge on any atom is -0.338 e. The second kappa shape index (κ2) is 7.97. The number of amides is 1. The molecule has 2 N–H and O–H groups in total. The highest BCUT2D eigenvalue weighted by Gasteiger charge is 2.30. The summed E-state index contributed by atoms with van der Waals surface area (Å²) in [5.41, 5.74) is 10.3. The highest BCUT2D eigenvalue weighted by molar-refractivity contribution is 5.81. The predicted octanol–water partition coefficient (Wildman–Crippen LogP) is 3.15. The Morgan fingerprint density at radius 2 is 2.11 bits per heavy atom. The largest absolute Gasteiger partial charge is 0.338 e. The normalized spacial score (nSPS) is 20.6. The maximum Gasteiger partial charge on any atom is 0.223 e. The van der Waals surface area contributed by atoms with Gasteiger partial charge in [-0.15, -0.1) is 0 Å². The van der Waals surface area contributed by atoms with Gasteiger partial charge in [-0.2, -0.15) is 5.10 Å². The molecule has 0 aromatic carbocycles. The van der Waals surface area contributed by atoms with Crippen molar-refractivity contribution >= 4 is 16.9 Å². The van der Waals surface area contributed by atoms with E-state index in [0.29, 0.717) is 25.3 Å². The van der Waals surface area contributed by atoms with Crippen molar-refractivity contribution in [3.8, 4) is 0 Å². The molecular formula is C21H33N5O. The van der Waals surface area contributed by atoms with Gasteiger partial charge in [-0.3, -0.25) is 4.79 Å². The van der Waals surface area contributed by atoms with Crippen LogP contribution < -0.4 is 5.73 Å². The van der Waals surface area contributed by atoms with Crippen LogP contribution in [0.1, 0.15) is 62.9 Å². The first-order valence-corrected chi connectivity index (χ1v) is 10.2. The van der Waals surface area contributed by atoms with E-state index in [4.69, 9.17) is 10.7 Å². The minimum atomic E-state index is 0.179. The molecule has 0 bridgehead atoms. The van der Waals surface area contributed by atoms with Gasteiger partial charge in [0.2, 0.25) is 5.91 Å². The number of carbonyl (C=O) groups is 1. The summed E-state index contributed by atoms with van der Waals surface area (Å²) in [4.78, 5) is 19.7. The lowest BCUT2D eigenvalue weighted by atomic mass is 9.90. The first-order chi connectivity index (χ1) is 12.8. The average molecular weight is 372 g/mol. The van der Waals surface area contributed by atoms with Crippen LogP contribution in [0.4, 0.5) is 0 Å². The van der Waals surface area contributed by atoms with E-state index in [9.17, 15) is 4.79 Å². The first kappa shape index (κ1) is 19.8. The number of likely N-dealkylation sites (tertiary alicyclic amines) is 1. The molecule has 0 saturated carbocycles. The number of hydrogen-bond acceptors (Lipinski definition) is 4. The SMILES string of the molecule is Cc1nc2c(cnn2C(C)C)c(C)c1CCC(=O)N1CCCC(C)C1CN. The standard InChI is InChI=1S/C21H33N5O/c1-13(2)26-21-18(12-23-26)15(4)17(16(5)24-21)8-9-20(27)25-10-6-7-14(3)19(25)11-22/h12-14,19H,6-11,22H2,1-5H3. The molecule has 1 aliphatic heterocycles. The Morgan fingerprint density at radius 1 is 1.37 bits per heavy atom. The van der Waals surface area contributed by atoms with E-state index in [-0.39, 0.29) is 18.0 Å². The van der Waals surface area contributed by atoms with Gasteiger partial charge in [0.15, 0.2) is 5.65 Å². The van der Waals surface area contributed by atoms with Crippen LogP contribution >= 0.6 is 0 Å². The van der Waals surface area contributed by atoms with Crippen molar-refractivity contribution in [3.63, 3.8) is 0 Å². The number of pyridine rings is 1. The molecule has 1 aliphatic rings. The highest BCUT2D eigenvalue weighted by atomic mass is 16.2. The summed E-state index contributed by atoms with van der Waals surface area (Å²) in [5.74, 6) is 0.699. The number of rotatable bonds is 5. The number of aromatic nitrogens is 3. The molecule has 0 radical (unpaired) electrons. The van der Waals surface area contributed by atoms with Gasteiger partial charge in [0, 0.05) is 42.7 Å². The lowest BCUT2D eigenvalue weighted by Crippen LogP contribution is -2.51. The van der Waals surface area contributed by atoms with E-state index in [2.05, 4.69) is 32.8 Å². The minimum absolute atomic E-state index is 0.179. The summed E-state index contributed by atoms with van der Waals surface area (Å²) in [6, 6.07) is 0.453. The van der Waals surface area contributed by atoms with Crippen LogP contribution in [0, 0.1) is 19.8 Å². The molecule has 3 heterocycles. The molecule has 0 spiro atoms. The zero-order valence-corrected chi connectivity index (χ0v) is 17.3. The van der Waals surface area contributed by atoms with Crippen LogP contribution in [0.5, 0.6) is 0 Å². The lowest BCUT2D eigenvalue weighted by Gasteiger charge is -2.39. The average Bonchev–Trinajstić information content (AvgIpc) is 3.05. The van der Waals surface area contributed by atoms with E-state index in [1.165, 1.54) is 11.1 Å². The predicted molar refractivity (Wildman–Crippen MR) is 109 cm³/mol. The number of nitrogens with two attached hydrogens (primary N) is 1. The maximum atomic E-state index is 12.9. The van der Waals surface area contributed by atoms with Crippen molar-refractivity contribution in [2.24, 2.45) is 11.7 Å². The summed E-state index contributed by atoms with van der Waals surface area (Å²) < 4.78 is 1.96. The lowest BCUT2D eigenvalue weighted by molar-refractivity contribution is -0.136. The molecule has 2 aromatic rings. The second-order valence-corrected chi connectivity index (χ2v) is 8.23. The third-order valence-corrected chi connectivity index (χ3v) is 6.09. The van der Waals surface area contributed by atoms with Gasteiger partial charge in [-0.05, 0) is 64.0 Å². The topological polar surface area (TPSA) is 77.0 Å². The molecule has 6 nitrogen and oxygen atoms in total. The number of aryl methyl sites for hydroxylation is 2. The van der Waals surface area contributed by atoms with Crippen molar-refractivity contribution in [1.29, 1.82) is 0 Å². The first-order valence-electron chi connectivity index (χ1n) is 10.2. The zero-order chi connectivity index (χ0) is 19.7. The van der Waals surface area contributed by atoms with E-state index in [0.717, 1.165) is 36.1 Å². The molecule has 2 atom stereocenters. The Labute approximate surface area is 162 Å². The number of fused-ring (bicyclic) bond motifs is 1. The Kier molecular flexibility index (Phi) is 5.84. The molecule has 1 fully saturated rings. The monoisotopic (exact) mass is 371 g/mol. The van der Waals surface area contributed by atoms with Crippen LogP contribution in [0.15, 0.2) is 6.20 Å². The van der Waals surface area contributed by atoms with Gasteiger partial charge in [-0.1, -0.05) is 6.92 Å². The van der Waals surface area contributed by atoms with Crippen molar-refractivity contribution < 1.29 is 4.79 Å². The van der Waals surface area contributed by atoms with Crippen LogP contribution in [0.2, 0.25) is 0 Å². The summed E-state index contributed by atoms with van der Waals surface area (Å²) >= 11 is 0. The fourth-order valence-corrected chi connectivity index (χ4v) is 4.43. The van der Waals surface area contributed by atoms with Crippen molar-refractivity contribution in [3.05, 3.63) is 23.0 Å². The number of nitrogens with zero attached hydrogens (tertiary/aromatic N) is 4. The maximum absolute atomic E-state index is 12.9. The van der Waals surface area contributed by atoms with Crippen LogP contribution in [-0.4, -0.2) is 44.7 Å². The quantitative estimate of drug-likeness (QED) is 0.876. The van der Waals surface area contributed by atoms with E-state index in [1.54, 1.807) is 0 Å². The van der Waals surface area contributed by atoms with E-state index >= 15 is 0 Å². The van der Waals surface area contributed by atoms with Crippen molar-refractivity contribution in [2.75, 3.05) is 13.1 Å². The fraction of sp³-hybridized carbons (Fsp3) is 0.667. The zero-order valence-electron chi connectivity index (χ0n) is 17.3. The van der Waals surface area contributed by atoms with Gasteiger partial charge in [-0.25, -0.2) is 9.67 Å². The van der Waals surface area contributed by atoms with Crippen LogP contribution in [0.3, 0.4) is 0 Å². The number of hydrogen-bond donors (Lipinski definition) is 1. The molecule has 2 aromatic heterocycles. The molecule has 0 aliphatic carbocycles. The molecular weight excluding hydrogens is 338 g/mol. The Bertz CT molecular complexity index is 826. The Hall–Kier alpha value is -1.95. The molecule has 3 rings (SSSR count). The number of piperidine rings is 1. The third-order valence-electron chi connectivity index (χ3n) is 6.09. The molecule has 27 heavy (non-hydrogen) atoms. The molecule has 6 heteroatoms. The summed E-state index contributed by atoms with van der Waals surface area (Å²) in [7, 11) is 0. The molecule has 2 unspecified atom stereocenters. The fourth-order valence-electron chi connectivity index (χ4n) is 4.43. The van der Waals surface area contributed by atoms with Gasteiger partial charge in [0.1, 0.15) is 0 Å². The summed E-state index contributed by atoms with van der Waals surface area (Å²) in [5, 5.41) is 5.59. The molecule has 1 saturated heterocycles. The summed E-state index contributed by atoms with van der Waals surface area (Å²) in [6.07, 6.45) is 5.36. The van der Waals surface area contributed by atoms with Gasteiger partial charge >= 0.3 is 0 Å². The Morgan fingerprint density at radius 3 is 2.78 bits per heavy atom. The number of carbonyl (C=O) groups excluding carboxylic acids is 1. The van der Waals surface area contributed by atoms with Crippen molar-refractivity contribution in [2.45, 2.75) is 72.4 Å². The van der Waals surface area contributed by atoms with Crippen LogP contribution in [-0.2, 0) is 11.2 Å². The highest BCUT2D eigenvalue weighted by Crippen LogP contribution is 2.27. The van der Waals surface area contributed by atoms with Crippen LogP contribution in [0.25, 0.3) is 11.0 Å². The van der Waals surface area contributed by atoms with Crippen molar-refractivity contribution in [1.82, 2.24) is 19.7 Å². The summed E-state index contributed by atoms with van der Waals surface area (Å²) in [6.45, 7) is 12.0. The smallest absolute Gasteiger partial charge is 0.223 e.